The monoisotopic (exact) mass is 272 g/mol. The number of carbonyl (C=O) groups is 2. The second kappa shape index (κ2) is 5.65. The summed E-state index contributed by atoms with van der Waals surface area (Å²) in [4.78, 5) is 26.6. The van der Waals surface area contributed by atoms with Gasteiger partial charge in [0, 0.05) is 19.0 Å². The van der Waals surface area contributed by atoms with Gasteiger partial charge in [0.2, 0.25) is 11.8 Å². The second-order valence-electron chi connectivity index (χ2n) is 5.63. The van der Waals surface area contributed by atoms with Gasteiger partial charge in [0.15, 0.2) is 0 Å². The van der Waals surface area contributed by atoms with Crippen molar-refractivity contribution in [3.8, 4) is 0 Å². The Kier molecular flexibility index (Phi) is 3.72. The van der Waals surface area contributed by atoms with Crippen LogP contribution in [0.2, 0.25) is 0 Å². The van der Waals surface area contributed by atoms with Crippen molar-refractivity contribution in [2.45, 2.75) is 44.2 Å². The molecule has 1 N–H and O–H groups in total. The molecule has 1 heterocycles. The van der Waals surface area contributed by atoms with E-state index in [-0.39, 0.29) is 11.8 Å². The highest BCUT2D eigenvalue weighted by Gasteiger charge is 2.35. The van der Waals surface area contributed by atoms with Gasteiger partial charge in [-0.2, -0.15) is 0 Å². The van der Waals surface area contributed by atoms with Gasteiger partial charge in [0.1, 0.15) is 6.04 Å². The van der Waals surface area contributed by atoms with Crippen molar-refractivity contribution in [3.63, 3.8) is 0 Å². The molecule has 1 aromatic rings. The third-order valence-electron chi connectivity index (χ3n) is 4.31. The van der Waals surface area contributed by atoms with Gasteiger partial charge in [-0.25, -0.2) is 0 Å². The number of benzene rings is 1. The molecule has 1 atom stereocenters. The van der Waals surface area contributed by atoms with E-state index in [0.29, 0.717) is 19.0 Å². The Hall–Kier alpha value is -1.84. The highest BCUT2D eigenvalue weighted by Crippen LogP contribution is 2.28. The number of amides is 2. The molecule has 2 amide bonds. The van der Waals surface area contributed by atoms with Crippen molar-refractivity contribution >= 4 is 11.8 Å². The van der Waals surface area contributed by atoms with E-state index in [4.69, 9.17) is 0 Å². The zero-order chi connectivity index (χ0) is 13.9. The minimum absolute atomic E-state index is 0.0345. The molecule has 4 nitrogen and oxygen atoms in total. The van der Waals surface area contributed by atoms with E-state index >= 15 is 0 Å². The molecular weight excluding hydrogens is 252 g/mol. The number of nitrogens with one attached hydrogen (secondary N) is 1. The lowest BCUT2D eigenvalue weighted by Gasteiger charge is -2.29. The van der Waals surface area contributed by atoms with E-state index in [1.165, 1.54) is 12.8 Å². The summed E-state index contributed by atoms with van der Waals surface area (Å²) in [6, 6.07) is 9.33. The first-order valence-corrected chi connectivity index (χ1v) is 7.40. The van der Waals surface area contributed by atoms with Crippen molar-refractivity contribution in [1.82, 2.24) is 10.2 Å². The van der Waals surface area contributed by atoms with Gasteiger partial charge in [-0.3, -0.25) is 9.59 Å². The number of hydrogen-bond acceptors (Lipinski definition) is 2. The van der Waals surface area contributed by atoms with Gasteiger partial charge in [-0.1, -0.05) is 43.2 Å². The third kappa shape index (κ3) is 2.55. The fourth-order valence-electron chi connectivity index (χ4n) is 3.24. The van der Waals surface area contributed by atoms with Crippen LogP contribution >= 0.6 is 0 Å². The fraction of sp³-hybridized carbons (Fsp3) is 0.500. The van der Waals surface area contributed by atoms with E-state index in [1.807, 2.05) is 35.2 Å². The maximum Gasteiger partial charge on any atom is 0.250 e. The lowest BCUT2D eigenvalue weighted by molar-refractivity contribution is -0.135. The van der Waals surface area contributed by atoms with Gasteiger partial charge >= 0.3 is 0 Å². The normalized spacial score (nSPS) is 24.6. The summed E-state index contributed by atoms with van der Waals surface area (Å²) in [5.74, 6) is 0.0154. The molecule has 106 valence electrons. The molecule has 4 heteroatoms. The quantitative estimate of drug-likeness (QED) is 0.895. The Balaban J connectivity index is 1.87. The van der Waals surface area contributed by atoms with Gasteiger partial charge in [0.05, 0.1) is 0 Å². The molecule has 20 heavy (non-hydrogen) atoms. The molecule has 0 aromatic heterocycles. The Bertz CT molecular complexity index is 494. The molecule has 0 bridgehead atoms. The first kappa shape index (κ1) is 13.2. The minimum atomic E-state index is -0.521. The topological polar surface area (TPSA) is 49.4 Å². The standard InChI is InChI=1S/C16H20N2O2/c19-14-10-11-18(13-8-4-5-9-13)16(20)15(17-14)12-6-2-1-3-7-12/h1-3,6-7,13,15H,4-5,8-11H2,(H,17,19). The Labute approximate surface area is 119 Å². The molecule has 0 spiro atoms. The van der Waals surface area contributed by atoms with Crippen LogP contribution in [0.4, 0.5) is 0 Å². The van der Waals surface area contributed by atoms with E-state index in [9.17, 15) is 9.59 Å². The zero-order valence-corrected chi connectivity index (χ0v) is 11.5. The number of rotatable bonds is 2. The van der Waals surface area contributed by atoms with Crippen molar-refractivity contribution < 1.29 is 9.59 Å². The number of nitrogens with zero attached hydrogens (tertiary/aromatic N) is 1. The zero-order valence-electron chi connectivity index (χ0n) is 11.5. The predicted octanol–water partition coefficient (Wildman–Crippen LogP) is 2.02. The molecule has 2 aliphatic rings. The van der Waals surface area contributed by atoms with E-state index in [2.05, 4.69) is 5.32 Å². The van der Waals surface area contributed by atoms with Gasteiger partial charge in [-0.05, 0) is 18.4 Å². The maximum atomic E-state index is 12.8. The first-order chi connectivity index (χ1) is 9.75. The Morgan fingerprint density at radius 1 is 1.05 bits per heavy atom. The largest absolute Gasteiger partial charge is 0.340 e. The molecule has 2 fully saturated rings. The lowest BCUT2D eigenvalue weighted by Crippen LogP contribution is -2.43. The second-order valence-corrected chi connectivity index (χ2v) is 5.63. The van der Waals surface area contributed by atoms with Gasteiger partial charge in [-0.15, -0.1) is 0 Å². The predicted molar refractivity (Wildman–Crippen MR) is 75.9 cm³/mol. The molecule has 1 saturated heterocycles. The Morgan fingerprint density at radius 3 is 2.45 bits per heavy atom. The highest BCUT2D eigenvalue weighted by molar-refractivity contribution is 5.91. The summed E-state index contributed by atoms with van der Waals surface area (Å²) in [6.07, 6.45) is 4.92. The molecule has 1 saturated carbocycles. The van der Waals surface area contributed by atoms with Gasteiger partial charge < -0.3 is 10.2 Å². The average molecular weight is 272 g/mol. The van der Waals surface area contributed by atoms with Crippen molar-refractivity contribution in [3.05, 3.63) is 35.9 Å². The smallest absolute Gasteiger partial charge is 0.250 e. The van der Waals surface area contributed by atoms with Crippen LogP contribution in [0.5, 0.6) is 0 Å². The summed E-state index contributed by atoms with van der Waals surface area (Å²) < 4.78 is 0. The van der Waals surface area contributed by atoms with Crippen LogP contribution in [0.25, 0.3) is 0 Å². The van der Waals surface area contributed by atoms with Crippen molar-refractivity contribution in [2.24, 2.45) is 0 Å². The minimum Gasteiger partial charge on any atom is -0.340 e. The molecule has 1 aliphatic heterocycles. The average Bonchev–Trinajstić information content (AvgIpc) is 2.95. The van der Waals surface area contributed by atoms with Crippen molar-refractivity contribution in [2.75, 3.05) is 6.54 Å². The Morgan fingerprint density at radius 2 is 1.75 bits per heavy atom. The molecule has 1 aliphatic carbocycles. The number of carbonyl (C=O) groups excluding carboxylic acids is 2. The van der Waals surface area contributed by atoms with Crippen LogP contribution in [0.1, 0.15) is 43.7 Å². The summed E-state index contributed by atoms with van der Waals surface area (Å²) in [5.41, 5.74) is 0.871. The van der Waals surface area contributed by atoms with E-state index in [1.54, 1.807) is 0 Å². The first-order valence-electron chi connectivity index (χ1n) is 7.40. The molecular formula is C16H20N2O2. The summed E-state index contributed by atoms with van der Waals surface area (Å²) in [7, 11) is 0. The van der Waals surface area contributed by atoms with Gasteiger partial charge in [0.25, 0.3) is 0 Å². The van der Waals surface area contributed by atoms with Crippen LogP contribution in [0.3, 0.4) is 0 Å². The maximum absolute atomic E-state index is 12.8. The molecule has 3 rings (SSSR count). The molecule has 0 radical (unpaired) electrons. The SMILES string of the molecule is O=C1CCN(C2CCCC2)C(=O)C(c2ccccc2)N1. The van der Waals surface area contributed by atoms with Crippen LogP contribution < -0.4 is 5.32 Å². The summed E-state index contributed by atoms with van der Waals surface area (Å²) in [6.45, 7) is 0.554. The molecule has 1 unspecified atom stereocenters. The highest BCUT2D eigenvalue weighted by atomic mass is 16.2. The van der Waals surface area contributed by atoms with Crippen LogP contribution in [-0.2, 0) is 9.59 Å². The van der Waals surface area contributed by atoms with Crippen LogP contribution in [-0.4, -0.2) is 29.3 Å². The van der Waals surface area contributed by atoms with E-state index < -0.39 is 6.04 Å². The third-order valence-corrected chi connectivity index (χ3v) is 4.31. The molecule has 1 aromatic carbocycles. The summed E-state index contributed by atoms with van der Waals surface area (Å²) >= 11 is 0. The van der Waals surface area contributed by atoms with E-state index in [0.717, 1.165) is 18.4 Å². The van der Waals surface area contributed by atoms with Crippen LogP contribution in [0.15, 0.2) is 30.3 Å². The van der Waals surface area contributed by atoms with Crippen LogP contribution in [0, 0.1) is 0 Å². The summed E-state index contributed by atoms with van der Waals surface area (Å²) in [5, 5.41) is 2.87. The fourth-order valence-corrected chi connectivity index (χ4v) is 3.24. The van der Waals surface area contributed by atoms with Crippen molar-refractivity contribution in [1.29, 1.82) is 0 Å². The number of hydrogen-bond donors (Lipinski definition) is 1. The lowest BCUT2D eigenvalue weighted by atomic mass is 10.0.